The normalized spacial score (nSPS) is 21.9. The van der Waals surface area contributed by atoms with Crippen LogP contribution in [0.5, 0.6) is 0 Å². The van der Waals surface area contributed by atoms with Crippen LogP contribution < -0.4 is 10.0 Å². The third-order valence-corrected chi connectivity index (χ3v) is 11.0. The molecule has 1 saturated heterocycles. The largest absolute Gasteiger partial charge is 0.394 e. The fourth-order valence-corrected chi connectivity index (χ4v) is 7.97. The molecule has 264 valence electrons. The molecule has 1 saturated carbocycles. The Hall–Kier alpha value is -3.50. The van der Waals surface area contributed by atoms with Gasteiger partial charge < -0.3 is 25.4 Å². The van der Waals surface area contributed by atoms with Crippen LogP contribution >= 0.6 is 0 Å². The van der Waals surface area contributed by atoms with Gasteiger partial charge in [-0.1, -0.05) is 73.5 Å². The van der Waals surface area contributed by atoms with E-state index in [9.17, 15) is 23.7 Å². The summed E-state index contributed by atoms with van der Waals surface area (Å²) in [5, 5.41) is 34.4. The molecule has 0 amide bonds. The highest BCUT2D eigenvalue weighted by Gasteiger charge is 2.44. The minimum Gasteiger partial charge on any atom is -0.394 e. The van der Waals surface area contributed by atoms with Gasteiger partial charge in [0.2, 0.25) is 10.0 Å². The van der Waals surface area contributed by atoms with Gasteiger partial charge >= 0.3 is 0 Å². The molecule has 4 unspecified atom stereocenters. The fraction of sp³-hybridized carbons (Fsp3) is 0.514. The van der Waals surface area contributed by atoms with Crippen LogP contribution in [-0.4, -0.2) is 104 Å². The van der Waals surface area contributed by atoms with Crippen LogP contribution in [0.2, 0.25) is 0 Å². The highest BCUT2D eigenvalue weighted by molar-refractivity contribution is 7.89. The van der Waals surface area contributed by atoms with Crippen LogP contribution in [0, 0.1) is 0 Å². The van der Waals surface area contributed by atoms with Crippen molar-refractivity contribution in [2.24, 2.45) is 0 Å². The molecule has 49 heavy (non-hydrogen) atoms. The molecule has 4 atom stereocenters. The van der Waals surface area contributed by atoms with Gasteiger partial charge in [-0.2, -0.15) is 0 Å². The third-order valence-electron chi connectivity index (χ3n) is 9.66. The summed E-state index contributed by atoms with van der Waals surface area (Å²) in [6, 6.07) is 20.8. The smallest absolute Gasteiger partial charge is 0.213 e. The van der Waals surface area contributed by atoms with Crippen molar-refractivity contribution in [1.29, 1.82) is 0 Å². The maximum Gasteiger partial charge on any atom is 0.213 e. The van der Waals surface area contributed by atoms with Crippen molar-refractivity contribution in [2.75, 3.05) is 30.8 Å². The quantitative estimate of drug-likeness (QED) is 0.124. The molecule has 2 aliphatic rings. The number of fused-ring (bicyclic) bond motifs is 1. The molecule has 2 aromatic carbocycles. The van der Waals surface area contributed by atoms with Crippen molar-refractivity contribution >= 4 is 27.0 Å². The number of nitrogens with one attached hydrogen (secondary N) is 2. The van der Waals surface area contributed by atoms with Gasteiger partial charge in [0.1, 0.15) is 24.1 Å². The Kier molecular flexibility index (Phi) is 11.2. The summed E-state index contributed by atoms with van der Waals surface area (Å²) >= 11 is 0. The molecule has 0 bridgehead atoms. The Morgan fingerprint density at radius 1 is 0.980 bits per heavy atom. The van der Waals surface area contributed by atoms with Gasteiger partial charge in [-0.05, 0) is 37.8 Å². The van der Waals surface area contributed by atoms with Crippen molar-refractivity contribution in [1.82, 2.24) is 29.1 Å². The Morgan fingerprint density at radius 3 is 2.22 bits per heavy atom. The summed E-state index contributed by atoms with van der Waals surface area (Å²) in [4.78, 5) is 16.2. The molecule has 0 radical (unpaired) electrons. The monoisotopic (exact) mass is 693 g/mol. The first-order valence-corrected chi connectivity index (χ1v) is 18.7. The second-order valence-corrected chi connectivity index (χ2v) is 15.1. The topological polar surface area (TPSA) is 175 Å². The lowest BCUT2D eigenvalue weighted by Crippen LogP contribution is -2.43. The first kappa shape index (κ1) is 35.3. The van der Waals surface area contributed by atoms with Crippen LogP contribution in [0.3, 0.4) is 0 Å². The van der Waals surface area contributed by atoms with Gasteiger partial charge in [0.25, 0.3) is 0 Å². The van der Waals surface area contributed by atoms with E-state index in [1.807, 2.05) is 36.4 Å². The second-order valence-electron chi connectivity index (χ2n) is 13.2. The number of hydrogen-bond acceptors (Lipinski definition) is 11. The van der Waals surface area contributed by atoms with Crippen molar-refractivity contribution in [3.63, 3.8) is 0 Å². The van der Waals surface area contributed by atoms with Crippen LogP contribution in [0.1, 0.15) is 68.6 Å². The number of rotatable bonds is 15. The number of ether oxygens (including phenoxy) is 1. The average Bonchev–Trinajstić information content (AvgIpc) is 3.85. The first-order valence-electron chi connectivity index (χ1n) is 17.1. The molecule has 5 N–H and O–H groups in total. The summed E-state index contributed by atoms with van der Waals surface area (Å²) in [6.07, 6.45) is 1.23. The van der Waals surface area contributed by atoms with Crippen LogP contribution in [0.15, 0.2) is 67.0 Å². The van der Waals surface area contributed by atoms with E-state index < -0.39 is 41.2 Å². The average molecular weight is 694 g/mol. The van der Waals surface area contributed by atoms with E-state index in [-0.39, 0.29) is 35.7 Å². The SMILES string of the molecule is CC(C)N(CCS(=O)(=O)NCc1nc(NCC(c2ccccc2)c2ccccc2)c2ncn(C3OC(CO)C(O)C3O)c2n1)C1CCCC1. The van der Waals surface area contributed by atoms with Crippen LogP contribution in [0.25, 0.3) is 11.2 Å². The predicted molar refractivity (Wildman–Crippen MR) is 186 cm³/mol. The van der Waals surface area contributed by atoms with Crippen molar-refractivity contribution in [2.45, 2.75) is 88.6 Å². The summed E-state index contributed by atoms with van der Waals surface area (Å²) in [5.41, 5.74) is 2.87. The number of imidazole rings is 1. The molecule has 1 aliphatic carbocycles. The van der Waals surface area contributed by atoms with Crippen molar-refractivity contribution in [3.05, 3.63) is 83.9 Å². The predicted octanol–water partition coefficient (Wildman–Crippen LogP) is 2.75. The van der Waals surface area contributed by atoms with Crippen molar-refractivity contribution < 1.29 is 28.5 Å². The van der Waals surface area contributed by atoms with Gasteiger partial charge in [-0.25, -0.2) is 28.1 Å². The van der Waals surface area contributed by atoms with E-state index in [2.05, 4.69) is 63.0 Å². The highest BCUT2D eigenvalue weighted by atomic mass is 32.2. The molecule has 0 spiro atoms. The van der Waals surface area contributed by atoms with Crippen molar-refractivity contribution in [3.8, 4) is 0 Å². The summed E-state index contributed by atoms with van der Waals surface area (Å²) in [7, 11) is -3.68. The summed E-state index contributed by atoms with van der Waals surface area (Å²) < 4.78 is 36.5. The molecular formula is C35H47N7O6S. The first-order chi connectivity index (χ1) is 23.6. The molecular weight excluding hydrogens is 646 g/mol. The minimum atomic E-state index is -3.68. The van der Waals surface area contributed by atoms with Crippen LogP contribution in [-0.2, 0) is 21.3 Å². The number of benzene rings is 2. The molecule has 13 nitrogen and oxygen atoms in total. The van der Waals surface area contributed by atoms with E-state index in [1.54, 1.807) is 0 Å². The number of sulfonamides is 1. The van der Waals surface area contributed by atoms with E-state index in [0.717, 1.165) is 24.0 Å². The third kappa shape index (κ3) is 8.12. The standard InChI is InChI=1S/C35H47N7O6S/c1-23(2)41(26-15-9-10-16-26)17-18-49(46,47)38-20-29-39-33(36-19-27(24-11-5-3-6-12-24)25-13-7-4-8-14-25)30-34(40-29)42(22-37-30)35-32(45)31(44)28(21-43)48-35/h3-8,11-14,22-23,26-28,31-32,35,38,43-45H,9-10,15-21H2,1-2H3,(H,36,39,40). The van der Waals surface area contributed by atoms with Gasteiger partial charge in [0.05, 0.1) is 25.2 Å². The minimum absolute atomic E-state index is 0.0410. The number of hydrogen-bond donors (Lipinski definition) is 5. The van der Waals surface area contributed by atoms with Gasteiger partial charge in [0.15, 0.2) is 23.2 Å². The van der Waals surface area contributed by atoms with Gasteiger partial charge in [0, 0.05) is 31.1 Å². The lowest BCUT2D eigenvalue weighted by molar-refractivity contribution is -0.0511. The van der Waals surface area contributed by atoms with E-state index >= 15 is 0 Å². The lowest BCUT2D eigenvalue weighted by atomic mass is 9.91. The summed E-state index contributed by atoms with van der Waals surface area (Å²) in [5.74, 6) is 0.486. The zero-order chi connectivity index (χ0) is 34.5. The number of aromatic nitrogens is 4. The van der Waals surface area contributed by atoms with Gasteiger partial charge in [-0.15, -0.1) is 0 Å². The number of aliphatic hydroxyl groups excluding tert-OH is 3. The zero-order valence-electron chi connectivity index (χ0n) is 28.0. The highest BCUT2D eigenvalue weighted by Crippen LogP contribution is 2.33. The molecule has 2 aromatic heterocycles. The maximum absolute atomic E-state index is 13.3. The van der Waals surface area contributed by atoms with E-state index in [1.165, 1.54) is 23.7 Å². The van der Waals surface area contributed by atoms with Crippen LogP contribution in [0.4, 0.5) is 5.82 Å². The molecule has 3 heterocycles. The Labute approximate surface area is 287 Å². The van der Waals surface area contributed by atoms with Gasteiger partial charge in [-0.3, -0.25) is 9.47 Å². The summed E-state index contributed by atoms with van der Waals surface area (Å²) in [6.45, 7) is 4.44. The maximum atomic E-state index is 13.3. The Balaban J connectivity index is 1.28. The van der Waals surface area contributed by atoms with E-state index in [4.69, 9.17) is 9.72 Å². The molecule has 14 heteroatoms. The number of nitrogens with zero attached hydrogens (tertiary/aromatic N) is 5. The molecule has 4 aromatic rings. The Bertz CT molecular complexity index is 1730. The van der Waals surface area contributed by atoms with E-state index in [0.29, 0.717) is 30.5 Å². The zero-order valence-corrected chi connectivity index (χ0v) is 28.8. The second kappa shape index (κ2) is 15.6. The Morgan fingerprint density at radius 2 is 1.63 bits per heavy atom. The number of aliphatic hydroxyl groups is 3. The number of anilines is 1. The molecule has 6 rings (SSSR count). The fourth-order valence-electron chi connectivity index (χ4n) is 7.03. The lowest BCUT2D eigenvalue weighted by Gasteiger charge is -2.32. The molecule has 2 fully saturated rings. The molecule has 1 aliphatic heterocycles.